The van der Waals surface area contributed by atoms with E-state index >= 15 is 0 Å². The lowest BCUT2D eigenvalue weighted by Crippen LogP contribution is -2.13. The molecule has 0 aliphatic heterocycles. The van der Waals surface area contributed by atoms with Gasteiger partial charge in [-0.15, -0.1) is 0 Å². The van der Waals surface area contributed by atoms with Gasteiger partial charge in [0.15, 0.2) is 11.5 Å². The molecule has 0 aliphatic rings. The second-order valence-corrected chi connectivity index (χ2v) is 12.0. The van der Waals surface area contributed by atoms with Crippen LogP contribution in [0.25, 0.3) is 0 Å². The second-order valence-electron chi connectivity index (χ2n) is 12.0. The third-order valence-electron chi connectivity index (χ3n) is 7.14. The molecule has 0 spiro atoms. The summed E-state index contributed by atoms with van der Waals surface area (Å²) in [7, 11) is 0. The monoisotopic (exact) mass is 606 g/mol. The number of hydrogen-bond donors (Lipinski definition) is 2. The molecule has 0 saturated carbocycles. The van der Waals surface area contributed by atoms with E-state index in [2.05, 4.69) is 65.8 Å². The lowest BCUT2D eigenvalue weighted by atomic mass is 10.1. The van der Waals surface area contributed by atoms with Crippen molar-refractivity contribution in [2.45, 2.75) is 107 Å². The van der Waals surface area contributed by atoms with Crippen LogP contribution in [0.3, 0.4) is 0 Å². The van der Waals surface area contributed by atoms with Gasteiger partial charge in [-0.25, -0.2) is 9.59 Å². The van der Waals surface area contributed by atoms with Gasteiger partial charge in [-0.3, -0.25) is 0 Å². The maximum Gasteiger partial charge on any atom is 0.340 e. The molecule has 6 heteroatoms. The van der Waals surface area contributed by atoms with Gasteiger partial charge in [0.1, 0.15) is 18.8 Å². The Morgan fingerprint density at radius 2 is 0.977 bits per heavy atom. The highest BCUT2D eigenvalue weighted by atomic mass is 16.5. The van der Waals surface area contributed by atoms with Gasteiger partial charge in [-0.1, -0.05) is 57.7 Å². The molecule has 0 unspecified atom stereocenters. The fourth-order valence-electron chi connectivity index (χ4n) is 4.43. The Balaban J connectivity index is 2.90. The molecule has 0 fully saturated rings. The highest BCUT2D eigenvalue weighted by Gasteiger charge is 2.25. The van der Waals surface area contributed by atoms with E-state index in [-0.39, 0.29) is 30.3 Å². The van der Waals surface area contributed by atoms with E-state index < -0.39 is 17.5 Å². The quantitative estimate of drug-likeness (QED) is 0.143. The Morgan fingerprint density at radius 1 is 0.568 bits per heavy atom. The zero-order chi connectivity index (χ0) is 33.1. The molecule has 44 heavy (non-hydrogen) atoms. The van der Waals surface area contributed by atoms with Gasteiger partial charge in [-0.2, -0.15) is 0 Å². The maximum atomic E-state index is 12.1. The first-order valence-corrected chi connectivity index (χ1v) is 15.6. The maximum absolute atomic E-state index is 12.1. The summed E-state index contributed by atoms with van der Waals surface area (Å²) < 4.78 is 11.8. The van der Waals surface area contributed by atoms with Gasteiger partial charge in [0.25, 0.3) is 0 Å². The molecule has 0 saturated heterocycles. The number of aromatic carboxylic acids is 2. The lowest BCUT2D eigenvalue weighted by molar-refractivity contribution is 0.0647. The average molecular weight is 607 g/mol. The molecule has 0 radical (unpaired) electrons. The topological polar surface area (TPSA) is 93.1 Å². The van der Waals surface area contributed by atoms with Gasteiger partial charge in [0.2, 0.25) is 0 Å². The molecular weight excluding hydrogens is 552 g/mol. The highest BCUT2D eigenvalue weighted by molar-refractivity contribution is 6.04. The predicted octanol–water partition coefficient (Wildman–Crippen LogP) is 10.7. The fraction of sp³-hybridized carbons (Fsp3) is 0.474. The van der Waals surface area contributed by atoms with Crippen molar-refractivity contribution < 1.29 is 29.3 Å². The molecule has 0 aliphatic carbocycles. The molecule has 6 nitrogen and oxygen atoms in total. The molecule has 1 aromatic rings. The first-order chi connectivity index (χ1) is 20.8. The second kappa shape index (κ2) is 21.0. The Hall–Kier alpha value is -3.80. The Kier molecular flexibility index (Phi) is 18.2. The molecule has 2 N–H and O–H groups in total. The van der Waals surface area contributed by atoms with Crippen LogP contribution in [0.1, 0.15) is 127 Å². The van der Waals surface area contributed by atoms with Crippen molar-refractivity contribution >= 4 is 11.9 Å². The number of carboxylic acid groups (broad SMARTS) is 2. The highest BCUT2D eigenvalue weighted by Crippen LogP contribution is 2.34. The molecule has 0 heterocycles. The summed E-state index contributed by atoms with van der Waals surface area (Å²) in [6, 6.07) is 2.72. The van der Waals surface area contributed by atoms with E-state index in [4.69, 9.17) is 9.47 Å². The van der Waals surface area contributed by atoms with Crippen molar-refractivity contribution in [2.75, 3.05) is 13.2 Å². The number of benzene rings is 1. The van der Waals surface area contributed by atoms with Crippen LogP contribution in [0, 0.1) is 0 Å². The van der Waals surface area contributed by atoms with Crippen molar-refractivity contribution in [3.8, 4) is 11.5 Å². The zero-order valence-corrected chi connectivity index (χ0v) is 28.2. The molecule has 1 rings (SSSR count). The van der Waals surface area contributed by atoms with Crippen LogP contribution < -0.4 is 9.47 Å². The Bertz CT molecular complexity index is 1280. The van der Waals surface area contributed by atoms with Gasteiger partial charge in [-0.05, 0) is 131 Å². The van der Waals surface area contributed by atoms with Crippen molar-refractivity contribution in [3.05, 3.63) is 93.2 Å². The standard InChI is InChI=1S/C38H54O6/c1-27(2)13-9-15-29(5)17-11-19-31(7)23-25-43-34-22-21-33(37(39)40)35(38(41)42)36(34)44-26-24-32(8)20-12-18-30(6)16-10-14-28(3)4/h13-14,17-18,21-24H,9-12,15-16,19-20,25-26H2,1-8H3,(H,39,40)(H,41,42). The van der Waals surface area contributed by atoms with Crippen molar-refractivity contribution in [3.63, 3.8) is 0 Å². The Morgan fingerprint density at radius 3 is 1.39 bits per heavy atom. The molecule has 0 atom stereocenters. The summed E-state index contributed by atoms with van der Waals surface area (Å²) >= 11 is 0. The lowest BCUT2D eigenvalue weighted by Gasteiger charge is -2.15. The number of carboxylic acids is 2. The summed E-state index contributed by atoms with van der Waals surface area (Å²) in [4.78, 5) is 23.9. The third kappa shape index (κ3) is 16.2. The summed E-state index contributed by atoms with van der Waals surface area (Å²) in [5.41, 5.74) is 6.91. The first kappa shape index (κ1) is 38.2. The van der Waals surface area contributed by atoms with Crippen LogP contribution >= 0.6 is 0 Å². The van der Waals surface area contributed by atoms with Gasteiger partial charge in [0.05, 0.1) is 5.56 Å². The molecule has 0 aromatic heterocycles. The van der Waals surface area contributed by atoms with Gasteiger partial charge in [0, 0.05) is 0 Å². The van der Waals surface area contributed by atoms with Crippen LogP contribution in [0.2, 0.25) is 0 Å². The third-order valence-corrected chi connectivity index (χ3v) is 7.14. The van der Waals surface area contributed by atoms with Crippen LogP contribution in [-0.4, -0.2) is 35.4 Å². The van der Waals surface area contributed by atoms with Crippen molar-refractivity contribution in [2.24, 2.45) is 0 Å². The smallest absolute Gasteiger partial charge is 0.340 e. The molecule has 1 aromatic carbocycles. The molecule has 0 bridgehead atoms. The van der Waals surface area contributed by atoms with E-state index in [9.17, 15) is 19.8 Å². The minimum absolute atomic E-state index is 0.0718. The predicted molar refractivity (Wildman–Crippen MR) is 182 cm³/mol. The first-order valence-electron chi connectivity index (χ1n) is 15.6. The molecular formula is C38H54O6. The van der Waals surface area contributed by atoms with Gasteiger partial charge < -0.3 is 19.7 Å². The number of rotatable bonds is 20. The van der Waals surface area contributed by atoms with Crippen molar-refractivity contribution in [1.29, 1.82) is 0 Å². The number of hydrogen-bond acceptors (Lipinski definition) is 4. The molecule has 242 valence electrons. The normalized spacial score (nSPS) is 12.5. The minimum atomic E-state index is -1.38. The fourth-order valence-corrected chi connectivity index (χ4v) is 4.43. The summed E-state index contributed by atoms with van der Waals surface area (Å²) in [6.07, 6.45) is 20.7. The van der Waals surface area contributed by atoms with Gasteiger partial charge >= 0.3 is 11.9 Å². The summed E-state index contributed by atoms with van der Waals surface area (Å²) in [5, 5.41) is 19.5. The summed E-state index contributed by atoms with van der Waals surface area (Å²) in [6.45, 7) is 17.1. The van der Waals surface area contributed by atoms with E-state index in [0.29, 0.717) is 0 Å². The van der Waals surface area contributed by atoms with E-state index in [1.54, 1.807) is 0 Å². The van der Waals surface area contributed by atoms with E-state index in [0.717, 1.165) is 62.5 Å². The van der Waals surface area contributed by atoms with Crippen LogP contribution in [-0.2, 0) is 0 Å². The molecule has 0 amide bonds. The average Bonchev–Trinajstić information content (AvgIpc) is 2.92. The van der Waals surface area contributed by atoms with Crippen LogP contribution in [0.5, 0.6) is 11.5 Å². The minimum Gasteiger partial charge on any atom is -0.486 e. The zero-order valence-electron chi connectivity index (χ0n) is 28.2. The van der Waals surface area contributed by atoms with E-state index in [1.165, 1.54) is 34.4 Å². The largest absolute Gasteiger partial charge is 0.486 e. The van der Waals surface area contributed by atoms with Crippen LogP contribution in [0.15, 0.2) is 82.0 Å². The van der Waals surface area contributed by atoms with Crippen molar-refractivity contribution in [1.82, 2.24) is 0 Å². The number of ether oxygens (including phenoxy) is 2. The SMILES string of the molecule is CC(C)=CCCC(C)=CCCC(C)=CCOc1ccc(C(=O)O)c(C(=O)O)c1OCC=C(C)CCC=C(C)CCC=C(C)C. The van der Waals surface area contributed by atoms with E-state index in [1.807, 2.05) is 26.0 Å². The van der Waals surface area contributed by atoms with Crippen LogP contribution in [0.4, 0.5) is 0 Å². The number of allylic oxidation sites excluding steroid dienone is 10. The summed E-state index contributed by atoms with van der Waals surface area (Å²) in [5.74, 6) is -2.59. The number of carbonyl (C=O) groups is 2. The Labute approximate surface area is 265 Å².